The SMILES string of the molecule is C=C/C(=C\C)c1ccc2c(ccc3c4ccc(C/C=C\C=C(/N)C/C=C\C=C/N)cc4n(-c4ccccc4)c23)c1. The molecular weight excluding hydrogens is 486 g/mol. The highest BCUT2D eigenvalue weighted by molar-refractivity contribution is 6.19. The highest BCUT2D eigenvalue weighted by atomic mass is 15.0. The van der Waals surface area contributed by atoms with Crippen molar-refractivity contribution in [3.05, 3.63) is 157 Å². The number of nitrogens with zero attached hydrogens (tertiary/aromatic N) is 1. The van der Waals surface area contributed by atoms with Gasteiger partial charge in [0.05, 0.1) is 11.0 Å². The molecule has 0 aliphatic rings. The highest BCUT2D eigenvalue weighted by Gasteiger charge is 2.15. The van der Waals surface area contributed by atoms with E-state index in [4.69, 9.17) is 11.5 Å². The Morgan fingerprint density at radius 2 is 1.65 bits per heavy atom. The third-order valence-corrected chi connectivity index (χ3v) is 7.20. The van der Waals surface area contributed by atoms with Crippen molar-refractivity contribution in [1.82, 2.24) is 4.57 Å². The Balaban J connectivity index is 1.59. The molecule has 0 unspecified atom stereocenters. The Labute approximate surface area is 236 Å². The van der Waals surface area contributed by atoms with Crippen LogP contribution in [-0.2, 0) is 6.42 Å². The van der Waals surface area contributed by atoms with E-state index in [1.807, 2.05) is 30.4 Å². The van der Waals surface area contributed by atoms with Gasteiger partial charge in [-0.3, -0.25) is 0 Å². The third kappa shape index (κ3) is 5.41. The van der Waals surface area contributed by atoms with Gasteiger partial charge in [0, 0.05) is 34.0 Å². The van der Waals surface area contributed by atoms with E-state index in [9.17, 15) is 0 Å². The number of fused-ring (bicyclic) bond motifs is 5. The summed E-state index contributed by atoms with van der Waals surface area (Å²) in [6, 6.07) is 28.6. The molecule has 0 amide bonds. The average molecular weight is 522 g/mol. The van der Waals surface area contributed by atoms with Crippen LogP contribution in [0.15, 0.2) is 146 Å². The number of rotatable bonds is 9. The van der Waals surface area contributed by atoms with Gasteiger partial charge in [-0.15, -0.1) is 0 Å². The number of allylic oxidation sites excluding steroid dienone is 9. The molecule has 4 aromatic carbocycles. The minimum absolute atomic E-state index is 0.691. The normalized spacial score (nSPS) is 13.1. The van der Waals surface area contributed by atoms with E-state index in [1.54, 1.807) is 6.08 Å². The molecule has 3 heteroatoms. The maximum absolute atomic E-state index is 6.12. The quantitative estimate of drug-likeness (QED) is 0.190. The Bertz CT molecular complexity index is 1830. The lowest BCUT2D eigenvalue weighted by atomic mass is 9.99. The standard InChI is InChI=1S/C37H35N3/c1-3-28(4-2)29-19-22-33-30(26-29)20-23-35-34-21-18-27(13-10-11-15-31(39)14-7-6-12-24-38)25-36(34)40(37(33)35)32-16-8-5-9-17-32/h3-12,15-26H,1,13-14,38-39H2,2H3/b7-6-,11-10-,24-12-,28-4+,31-15-. The lowest BCUT2D eigenvalue weighted by Crippen LogP contribution is -1.95. The first kappa shape index (κ1) is 26.6. The molecule has 0 saturated heterocycles. The van der Waals surface area contributed by atoms with E-state index in [2.05, 4.69) is 109 Å². The van der Waals surface area contributed by atoms with Gasteiger partial charge in [0.2, 0.25) is 0 Å². The molecule has 0 aliphatic heterocycles. The Morgan fingerprint density at radius 1 is 0.850 bits per heavy atom. The van der Waals surface area contributed by atoms with E-state index >= 15 is 0 Å². The molecule has 198 valence electrons. The van der Waals surface area contributed by atoms with Crippen molar-refractivity contribution in [3.8, 4) is 5.69 Å². The molecule has 0 spiro atoms. The van der Waals surface area contributed by atoms with Crippen molar-refractivity contribution in [2.45, 2.75) is 19.8 Å². The van der Waals surface area contributed by atoms with Gasteiger partial charge < -0.3 is 16.0 Å². The van der Waals surface area contributed by atoms with Gasteiger partial charge in [0.1, 0.15) is 0 Å². The number of benzene rings is 4. The molecule has 3 nitrogen and oxygen atoms in total. The molecule has 0 radical (unpaired) electrons. The van der Waals surface area contributed by atoms with Gasteiger partial charge >= 0.3 is 0 Å². The summed E-state index contributed by atoms with van der Waals surface area (Å²) >= 11 is 0. The summed E-state index contributed by atoms with van der Waals surface area (Å²) in [5.41, 5.74) is 19.4. The van der Waals surface area contributed by atoms with Crippen molar-refractivity contribution in [1.29, 1.82) is 0 Å². The van der Waals surface area contributed by atoms with Crippen molar-refractivity contribution < 1.29 is 0 Å². The lowest BCUT2D eigenvalue weighted by molar-refractivity contribution is 1.16. The van der Waals surface area contributed by atoms with Crippen molar-refractivity contribution in [2.75, 3.05) is 0 Å². The number of nitrogens with two attached hydrogens (primary N) is 2. The third-order valence-electron chi connectivity index (χ3n) is 7.20. The topological polar surface area (TPSA) is 57.0 Å². The van der Waals surface area contributed by atoms with Crippen LogP contribution in [0.1, 0.15) is 24.5 Å². The maximum Gasteiger partial charge on any atom is 0.0619 e. The van der Waals surface area contributed by atoms with E-state index < -0.39 is 0 Å². The van der Waals surface area contributed by atoms with Crippen LogP contribution >= 0.6 is 0 Å². The average Bonchev–Trinajstić information content (AvgIpc) is 3.32. The molecule has 0 atom stereocenters. The second-order valence-electron chi connectivity index (χ2n) is 9.76. The maximum atomic E-state index is 6.12. The highest BCUT2D eigenvalue weighted by Crippen LogP contribution is 2.37. The van der Waals surface area contributed by atoms with Gasteiger partial charge in [-0.1, -0.05) is 97.6 Å². The summed E-state index contributed by atoms with van der Waals surface area (Å²) in [6.45, 7) is 6.04. The van der Waals surface area contributed by atoms with Gasteiger partial charge in [-0.05, 0) is 78.0 Å². The van der Waals surface area contributed by atoms with Gasteiger partial charge in [-0.25, -0.2) is 0 Å². The summed E-state index contributed by atoms with van der Waals surface area (Å²) in [6.07, 6.45) is 18.9. The summed E-state index contributed by atoms with van der Waals surface area (Å²) in [5.74, 6) is 0. The fraction of sp³-hybridized carbons (Fsp3) is 0.0811. The first-order chi connectivity index (χ1) is 19.6. The van der Waals surface area contributed by atoms with Crippen LogP contribution in [0.4, 0.5) is 0 Å². The first-order valence-corrected chi connectivity index (χ1v) is 13.6. The number of hydrogen-bond donors (Lipinski definition) is 2. The predicted octanol–water partition coefficient (Wildman–Crippen LogP) is 8.89. The van der Waals surface area contributed by atoms with E-state index in [1.165, 1.54) is 49.9 Å². The zero-order chi connectivity index (χ0) is 27.9. The van der Waals surface area contributed by atoms with Gasteiger partial charge in [-0.2, -0.15) is 0 Å². The van der Waals surface area contributed by atoms with Crippen LogP contribution in [0, 0.1) is 0 Å². The minimum atomic E-state index is 0.691. The molecule has 40 heavy (non-hydrogen) atoms. The Morgan fingerprint density at radius 3 is 2.42 bits per heavy atom. The molecule has 5 aromatic rings. The van der Waals surface area contributed by atoms with Crippen LogP contribution < -0.4 is 11.5 Å². The van der Waals surface area contributed by atoms with E-state index in [0.29, 0.717) is 6.42 Å². The minimum Gasteiger partial charge on any atom is -0.405 e. The zero-order valence-electron chi connectivity index (χ0n) is 22.9. The van der Waals surface area contributed by atoms with E-state index in [0.717, 1.165) is 23.4 Å². The van der Waals surface area contributed by atoms with E-state index in [-0.39, 0.29) is 0 Å². The van der Waals surface area contributed by atoms with Crippen LogP contribution in [-0.4, -0.2) is 4.57 Å². The molecular formula is C37H35N3. The van der Waals surface area contributed by atoms with Crippen molar-refractivity contribution in [3.63, 3.8) is 0 Å². The fourth-order valence-corrected chi connectivity index (χ4v) is 5.25. The second-order valence-corrected chi connectivity index (χ2v) is 9.76. The summed E-state index contributed by atoms with van der Waals surface area (Å²) in [7, 11) is 0. The van der Waals surface area contributed by atoms with Crippen molar-refractivity contribution in [2.24, 2.45) is 11.5 Å². The fourth-order valence-electron chi connectivity index (χ4n) is 5.25. The monoisotopic (exact) mass is 521 g/mol. The van der Waals surface area contributed by atoms with Gasteiger partial charge in [0.25, 0.3) is 0 Å². The largest absolute Gasteiger partial charge is 0.405 e. The van der Waals surface area contributed by atoms with Crippen molar-refractivity contribution >= 4 is 38.2 Å². The van der Waals surface area contributed by atoms with Crippen LogP contribution in [0.5, 0.6) is 0 Å². The molecule has 0 fully saturated rings. The molecule has 1 heterocycles. The molecule has 5 rings (SSSR count). The second kappa shape index (κ2) is 12.2. The predicted molar refractivity (Wildman–Crippen MR) is 174 cm³/mol. The molecule has 0 aliphatic carbocycles. The molecule has 1 aromatic heterocycles. The number of para-hydroxylation sites is 1. The summed E-state index contributed by atoms with van der Waals surface area (Å²) in [4.78, 5) is 0. The Hall–Kier alpha value is -5.02. The summed E-state index contributed by atoms with van der Waals surface area (Å²) < 4.78 is 2.41. The number of hydrogen-bond acceptors (Lipinski definition) is 2. The zero-order valence-corrected chi connectivity index (χ0v) is 22.9. The number of aromatic nitrogens is 1. The summed E-state index contributed by atoms with van der Waals surface area (Å²) in [5, 5.41) is 4.95. The molecule has 4 N–H and O–H groups in total. The van der Waals surface area contributed by atoms with Crippen LogP contribution in [0.25, 0.3) is 43.8 Å². The first-order valence-electron chi connectivity index (χ1n) is 13.6. The lowest BCUT2D eigenvalue weighted by Gasteiger charge is -2.11. The molecule has 0 bridgehead atoms. The van der Waals surface area contributed by atoms with Crippen LogP contribution in [0.3, 0.4) is 0 Å². The smallest absolute Gasteiger partial charge is 0.0619 e. The Kier molecular flexibility index (Phi) is 8.13. The van der Waals surface area contributed by atoms with Gasteiger partial charge in [0.15, 0.2) is 0 Å². The molecule has 0 saturated carbocycles. The van der Waals surface area contributed by atoms with Crippen LogP contribution in [0.2, 0.25) is 0 Å².